The molecule has 0 saturated heterocycles. The van der Waals surface area contributed by atoms with Gasteiger partial charge < -0.3 is 10.4 Å². The first-order valence-corrected chi connectivity index (χ1v) is 7.37. The van der Waals surface area contributed by atoms with Crippen molar-refractivity contribution in [2.24, 2.45) is 5.92 Å². The molecular formula is C18H17NO2. The first kappa shape index (κ1) is 12.6. The van der Waals surface area contributed by atoms with Crippen LogP contribution in [0.1, 0.15) is 33.0 Å². The number of carboxylic acid groups (broad SMARTS) is 1. The molecule has 4 rings (SSSR count). The number of aromatic carboxylic acids is 1. The predicted molar refractivity (Wildman–Crippen MR) is 80.4 cm³/mol. The van der Waals surface area contributed by atoms with Gasteiger partial charge >= 0.3 is 5.97 Å². The van der Waals surface area contributed by atoms with Crippen molar-refractivity contribution in [3.63, 3.8) is 0 Å². The summed E-state index contributed by atoms with van der Waals surface area (Å²) in [6, 6.07) is 16.4. The molecule has 0 aromatic heterocycles. The van der Waals surface area contributed by atoms with Gasteiger partial charge in [0, 0.05) is 18.5 Å². The van der Waals surface area contributed by atoms with Crippen molar-refractivity contribution in [2.75, 3.05) is 0 Å². The number of carboxylic acids is 1. The molecule has 2 aromatic rings. The molecule has 0 bridgehead atoms. The fourth-order valence-electron chi connectivity index (χ4n) is 3.68. The number of hydrogen-bond acceptors (Lipinski definition) is 2. The van der Waals surface area contributed by atoms with Crippen molar-refractivity contribution in [3.8, 4) is 0 Å². The van der Waals surface area contributed by atoms with Crippen LogP contribution in [0.5, 0.6) is 0 Å². The maximum atomic E-state index is 11.0. The molecule has 3 unspecified atom stereocenters. The van der Waals surface area contributed by atoms with Gasteiger partial charge in [-0.2, -0.15) is 0 Å². The summed E-state index contributed by atoms with van der Waals surface area (Å²) >= 11 is 0. The fraction of sp³-hybridized carbons (Fsp3) is 0.278. The quantitative estimate of drug-likeness (QED) is 0.904. The Morgan fingerprint density at radius 1 is 1.19 bits per heavy atom. The third-order valence-corrected chi connectivity index (χ3v) is 4.75. The Morgan fingerprint density at radius 3 is 2.90 bits per heavy atom. The second kappa shape index (κ2) is 4.71. The fourth-order valence-corrected chi connectivity index (χ4v) is 3.68. The molecule has 0 spiro atoms. The Hall–Kier alpha value is -2.13. The van der Waals surface area contributed by atoms with Gasteiger partial charge in [0.15, 0.2) is 0 Å². The Labute approximate surface area is 123 Å². The minimum absolute atomic E-state index is 0.357. The topological polar surface area (TPSA) is 49.3 Å². The zero-order valence-corrected chi connectivity index (χ0v) is 11.6. The highest BCUT2D eigenvalue weighted by molar-refractivity contribution is 5.87. The second-order valence-electron chi connectivity index (χ2n) is 6.00. The van der Waals surface area contributed by atoms with Crippen LogP contribution >= 0.6 is 0 Å². The van der Waals surface area contributed by atoms with Gasteiger partial charge in [-0.3, -0.25) is 0 Å². The van der Waals surface area contributed by atoms with Gasteiger partial charge in [-0.1, -0.05) is 36.4 Å². The molecule has 3 atom stereocenters. The summed E-state index contributed by atoms with van der Waals surface area (Å²) in [5.74, 6) is 0.517. The van der Waals surface area contributed by atoms with Gasteiger partial charge in [0.1, 0.15) is 0 Å². The smallest absolute Gasteiger partial charge is 0.335 e. The normalized spacial score (nSPS) is 25.2. The molecule has 1 saturated carbocycles. The van der Waals surface area contributed by atoms with Crippen molar-refractivity contribution in [1.29, 1.82) is 0 Å². The van der Waals surface area contributed by atoms with Crippen molar-refractivity contribution >= 4 is 5.97 Å². The highest BCUT2D eigenvalue weighted by Gasteiger charge is 2.54. The first-order valence-electron chi connectivity index (χ1n) is 7.37. The van der Waals surface area contributed by atoms with Crippen LogP contribution in [0.4, 0.5) is 0 Å². The molecule has 106 valence electrons. The van der Waals surface area contributed by atoms with E-state index in [0.717, 1.165) is 18.0 Å². The third kappa shape index (κ3) is 2.14. The summed E-state index contributed by atoms with van der Waals surface area (Å²) in [6.45, 7) is 0.737. The summed E-state index contributed by atoms with van der Waals surface area (Å²) in [6.07, 6.45) is 1.17. The molecule has 1 fully saturated rings. The van der Waals surface area contributed by atoms with Gasteiger partial charge in [-0.05, 0) is 41.2 Å². The monoisotopic (exact) mass is 279 g/mol. The van der Waals surface area contributed by atoms with Crippen molar-refractivity contribution < 1.29 is 9.90 Å². The highest BCUT2D eigenvalue weighted by Crippen LogP contribution is 2.56. The molecule has 3 nitrogen and oxygen atoms in total. The van der Waals surface area contributed by atoms with E-state index in [9.17, 15) is 4.79 Å². The van der Waals surface area contributed by atoms with Gasteiger partial charge in [-0.15, -0.1) is 0 Å². The number of hydrogen-bond donors (Lipinski definition) is 2. The van der Waals surface area contributed by atoms with Crippen LogP contribution in [0.3, 0.4) is 0 Å². The van der Waals surface area contributed by atoms with E-state index in [1.165, 1.54) is 17.5 Å². The van der Waals surface area contributed by atoms with Crippen LogP contribution in [0, 0.1) is 5.92 Å². The molecule has 2 N–H and O–H groups in total. The Balaban J connectivity index is 1.42. The minimum Gasteiger partial charge on any atom is -0.478 e. The van der Waals surface area contributed by atoms with Crippen LogP contribution in [-0.4, -0.2) is 17.1 Å². The number of carbonyl (C=O) groups is 1. The zero-order valence-electron chi connectivity index (χ0n) is 11.6. The minimum atomic E-state index is -0.867. The number of benzene rings is 2. The van der Waals surface area contributed by atoms with Gasteiger partial charge in [0.25, 0.3) is 0 Å². The Kier molecular flexibility index (Phi) is 2.82. The van der Waals surface area contributed by atoms with E-state index < -0.39 is 5.97 Å². The lowest BCUT2D eigenvalue weighted by Crippen LogP contribution is -2.20. The average Bonchev–Trinajstić information content (AvgIpc) is 3.04. The van der Waals surface area contributed by atoms with E-state index in [4.69, 9.17) is 5.11 Å². The van der Waals surface area contributed by atoms with Gasteiger partial charge in [-0.25, -0.2) is 4.79 Å². The first-order chi connectivity index (χ1) is 10.2. The summed E-state index contributed by atoms with van der Waals surface area (Å²) in [5, 5.41) is 12.6. The zero-order chi connectivity index (χ0) is 14.4. The van der Waals surface area contributed by atoms with E-state index in [1.807, 2.05) is 12.1 Å². The summed E-state index contributed by atoms with van der Waals surface area (Å²) in [7, 11) is 0. The summed E-state index contributed by atoms with van der Waals surface area (Å²) < 4.78 is 0. The summed E-state index contributed by atoms with van der Waals surface area (Å²) in [5.41, 5.74) is 4.39. The van der Waals surface area contributed by atoms with Crippen molar-refractivity contribution in [2.45, 2.75) is 24.9 Å². The van der Waals surface area contributed by atoms with E-state index in [-0.39, 0.29) is 0 Å². The Bertz CT molecular complexity index is 710. The highest BCUT2D eigenvalue weighted by atomic mass is 16.4. The Morgan fingerprint density at radius 2 is 2.05 bits per heavy atom. The van der Waals surface area contributed by atoms with Gasteiger partial charge in [0.05, 0.1) is 5.56 Å². The number of fused-ring (bicyclic) bond motifs is 3. The maximum Gasteiger partial charge on any atom is 0.335 e. The molecule has 2 aliphatic carbocycles. The molecule has 0 heterocycles. The van der Waals surface area contributed by atoms with E-state index in [1.54, 1.807) is 12.1 Å². The molecule has 0 amide bonds. The van der Waals surface area contributed by atoms with Crippen molar-refractivity contribution in [3.05, 3.63) is 70.8 Å². The molecule has 0 radical (unpaired) electrons. The molecular weight excluding hydrogens is 262 g/mol. The maximum absolute atomic E-state index is 11.0. The van der Waals surface area contributed by atoms with E-state index in [0.29, 0.717) is 17.5 Å². The lowest BCUT2D eigenvalue weighted by Gasteiger charge is -2.10. The van der Waals surface area contributed by atoms with Gasteiger partial charge in [0.2, 0.25) is 0 Å². The largest absolute Gasteiger partial charge is 0.478 e. The summed E-state index contributed by atoms with van der Waals surface area (Å²) in [4.78, 5) is 11.0. The van der Waals surface area contributed by atoms with E-state index >= 15 is 0 Å². The molecule has 21 heavy (non-hydrogen) atoms. The van der Waals surface area contributed by atoms with Crippen LogP contribution in [0.15, 0.2) is 48.5 Å². The number of nitrogens with one attached hydrogen (secondary N) is 1. The second-order valence-corrected chi connectivity index (χ2v) is 6.00. The average molecular weight is 279 g/mol. The number of rotatable bonds is 4. The third-order valence-electron chi connectivity index (χ3n) is 4.75. The molecule has 3 heteroatoms. The van der Waals surface area contributed by atoms with Crippen LogP contribution in [0.2, 0.25) is 0 Å². The van der Waals surface area contributed by atoms with Crippen molar-refractivity contribution in [1.82, 2.24) is 5.32 Å². The lowest BCUT2D eigenvalue weighted by molar-refractivity contribution is 0.0696. The molecule has 0 aliphatic heterocycles. The SMILES string of the molecule is O=C(O)c1cccc(CNC2C3Cc4ccccc4C32)c1. The van der Waals surface area contributed by atoms with Crippen LogP contribution < -0.4 is 5.32 Å². The lowest BCUT2D eigenvalue weighted by atomic mass is 10.0. The van der Waals surface area contributed by atoms with Crippen LogP contribution in [-0.2, 0) is 13.0 Å². The molecule has 2 aromatic carbocycles. The standard InChI is InChI=1S/C18H17NO2/c20-18(21)13-6-3-4-11(8-13)10-19-17-15-9-12-5-1-2-7-14(12)16(15)17/h1-8,15-17,19H,9-10H2,(H,20,21). The predicted octanol–water partition coefficient (Wildman–Crippen LogP) is 2.81. The van der Waals surface area contributed by atoms with Crippen LogP contribution in [0.25, 0.3) is 0 Å². The van der Waals surface area contributed by atoms with E-state index in [2.05, 4.69) is 29.6 Å². The molecule has 2 aliphatic rings.